The first kappa shape index (κ1) is 19.0. The first-order valence-corrected chi connectivity index (χ1v) is 9.85. The molecule has 4 heterocycles. The summed E-state index contributed by atoms with van der Waals surface area (Å²) in [6.07, 6.45) is 3.28. The van der Waals surface area contributed by atoms with Gasteiger partial charge in [0, 0.05) is 30.4 Å². The highest BCUT2D eigenvalue weighted by molar-refractivity contribution is 6.04. The van der Waals surface area contributed by atoms with Gasteiger partial charge in [-0.2, -0.15) is 0 Å². The Hall–Kier alpha value is -3.98. The zero-order valence-corrected chi connectivity index (χ0v) is 16.5. The molecule has 1 aromatic carbocycles. The van der Waals surface area contributed by atoms with Crippen molar-refractivity contribution in [3.05, 3.63) is 66.6 Å². The molecule has 1 amide bonds. The topological polar surface area (TPSA) is 107 Å². The van der Waals surface area contributed by atoms with Crippen LogP contribution in [-0.2, 0) is 4.74 Å². The molecular formula is C22H19N5O4. The van der Waals surface area contributed by atoms with Crippen molar-refractivity contribution in [2.24, 2.45) is 0 Å². The molecule has 1 aliphatic rings. The number of hydrogen-bond acceptors (Lipinski definition) is 8. The predicted molar refractivity (Wildman–Crippen MR) is 113 cm³/mol. The number of nitrogens with zero attached hydrogens (tertiary/aromatic N) is 4. The van der Waals surface area contributed by atoms with Crippen LogP contribution in [0.5, 0.6) is 0 Å². The second kappa shape index (κ2) is 8.41. The Morgan fingerprint density at radius 3 is 2.77 bits per heavy atom. The SMILES string of the molecule is O=C(Nc1nnc(-c2ccco2)o1)c1cccc(-c2cccnc2N2CCOCC2)c1. The number of rotatable bonds is 5. The molecule has 31 heavy (non-hydrogen) atoms. The van der Waals surface area contributed by atoms with E-state index >= 15 is 0 Å². The fourth-order valence-corrected chi connectivity index (χ4v) is 3.42. The van der Waals surface area contributed by atoms with Gasteiger partial charge in [0.15, 0.2) is 5.76 Å². The summed E-state index contributed by atoms with van der Waals surface area (Å²) >= 11 is 0. The van der Waals surface area contributed by atoms with Crippen LogP contribution in [0.3, 0.4) is 0 Å². The lowest BCUT2D eigenvalue weighted by atomic mass is 10.0. The standard InChI is InChI=1S/C22H19N5O4/c28-20(24-22-26-25-21(31-22)18-7-3-11-30-18)16-5-1-4-15(14-16)17-6-2-8-23-19(17)27-9-12-29-13-10-27/h1-8,11,14H,9-10,12-13H2,(H,24,26,28). The molecule has 156 valence electrons. The number of pyridine rings is 1. The van der Waals surface area contributed by atoms with Crippen LogP contribution in [0.25, 0.3) is 22.8 Å². The molecule has 0 bridgehead atoms. The normalized spacial score (nSPS) is 13.9. The maximum Gasteiger partial charge on any atom is 0.322 e. The fraction of sp³-hybridized carbons (Fsp3) is 0.182. The number of furan rings is 1. The third kappa shape index (κ3) is 4.03. The van der Waals surface area contributed by atoms with Crippen LogP contribution >= 0.6 is 0 Å². The highest BCUT2D eigenvalue weighted by Gasteiger charge is 2.18. The number of amides is 1. The quantitative estimate of drug-likeness (QED) is 0.526. The fourth-order valence-electron chi connectivity index (χ4n) is 3.42. The lowest BCUT2D eigenvalue weighted by Crippen LogP contribution is -2.37. The minimum absolute atomic E-state index is 0.00260. The number of benzene rings is 1. The Labute approximate surface area is 177 Å². The number of aromatic nitrogens is 3. The maximum absolute atomic E-state index is 12.8. The third-order valence-corrected chi connectivity index (χ3v) is 4.91. The molecule has 5 rings (SSSR count). The first-order valence-electron chi connectivity index (χ1n) is 9.85. The number of morpholine rings is 1. The van der Waals surface area contributed by atoms with Gasteiger partial charge in [0.05, 0.1) is 19.5 Å². The minimum Gasteiger partial charge on any atom is -0.459 e. The lowest BCUT2D eigenvalue weighted by molar-refractivity contribution is 0.102. The minimum atomic E-state index is -0.353. The largest absolute Gasteiger partial charge is 0.459 e. The van der Waals surface area contributed by atoms with E-state index in [2.05, 4.69) is 25.4 Å². The molecular weight excluding hydrogens is 398 g/mol. The monoisotopic (exact) mass is 417 g/mol. The van der Waals surface area contributed by atoms with Crippen molar-refractivity contribution in [2.75, 3.05) is 36.5 Å². The van der Waals surface area contributed by atoms with E-state index in [1.807, 2.05) is 30.3 Å². The number of ether oxygens (including phenoxy) is 1. The van der Waals surface area contributed by atoms with Gasteiger partial charge in [-0.1, -0.05) is 17.2 Å². The van der Waals surface area contributed by atoms with Crippen LogP contribution in [0.1, 0.15) is 10.4 Å². The maximum atomic E-state index is 12.8. The van der Waals surface area contributed by atoms with Crippen molar-refractivity contribution in [1.82, 2.24) is 15.2 Å². The third-order valence-electron chi connectivity index (χ3n) is 4.91. The molecule has 1 aliphatic heterocycles. The van der Waals surface area contributed by atoms with Crippen LogP contribution in [0.2, 0.25) is 0 Å². The molecule has 0 aliphatic carbocycles. The van der Waals surface area contributed by atoms with Gasteiger partial charge < -0.3 is 18.5 Å². The molecule has 9 nitrogen and oxygen atoms in total. The molecule has 1 fully saturated rings. The smallest absolute Gasteiger partial charge is 0.322 e. The first-order chi connectivity index (χ1) is 15.3. The van der Waals surface area contributed by atoms with Crippen molar-refractivity contribution in [1.29, 1.82) is 0 Å². The molecule has 9 heteroatoms. The molecule has 0 atom stereocenters. The molecule has 1 N–H and O–H groups in total. The predicted octanol–water partition coefficient (Wildman–Crippen LogP) is 3.48. The summed E-state index contributed by atoms with van der Waals surface area (Å²) in [5.74, 6) is 1.15. The second-order valence-electron chi connectivity index (χ2n) is 6.90. The zero-order chi connectivity index (χ0) is 21.0. The van der Waals surface area contributed by atoms with E-state index in [4.69, 9.17) is 13.6 Å². The van der Waals surface area contributed by atoms with Gasteiger partial charge >= 0.3 is 6.01 Å². The lowest BCUT2D eigenvalue weighted by Gasteiger charge is -2.29. The summed E-state index contributed by atoms with van der Waals surface area (Å²) in [5, 5.41) is 10.4. The van der Waals surface area contributed by atoms with Crippen LogP contribution < -0.4 is 10.2 Å². The molecule has 4 aromatic rings. The number of nitrogens with one attached hydrogen (secondary N) is 1. The number of hydrogen-bond donors (Lipinski definition) is 1. The number of carbonyl (C=O) groups excluding carboxylic acids is 1. The Bertz CT molecular complexity index is 1180. The molecule has 0 unspecified atom stereocenters. The van der Waals surface area contributed by atoms with E-state index in [1.54, 1.807) is 24.4 Å². The summed E-state index contributed by atoms with van der Waals surface area (Å²) < 4.78 is 16.1. The van der Waals surface area contributed by atoms with Gasteiger partial charge in [0.25, 0.3) is 11.8 Å². The summed E-state index contributed by atoms with van der Waals surface area (Å²) in [4.78, 5) is 19.5. The molecule has 0 radical (unpaired) electrons. The zero-order valence-electron chi connectivity index (χ0n) is 16.5. The van der Waals surface area contributed by atoms with Gasteiger partial charge in [-0.3, -0.25) is 10.1 Å². The van der Waals surface area contributed by atoms with E-state index in [9.17, 15) is 4.79 Å². The number of carbonyl (C=O) groups is 1. The van der Waals surface area contributed by atoms with Crippen LogP contribution in [0.4, 0.5) is 11.8 Å². The molecule has 1 saturated heterocycles. The van der Waals surface area contributed by atoms with Crippen LogP contribution in [0.15, 0.2) is 69.8 Å². The van der Waals surface area contributed by atoms with Crippen molar-refractivity contribution >= 4 is 17.7 Å². The van der Waals surface area contributed by atoms with Crippen LogP contribution in [-0.4, -0.2) is 47.4 Å². The summed E-state index contributed by atoms with van der Waals surface area (Å²) in [6, 6.07) is 14.6. The van der Waals surface area contributed by atoms with Gasteiger partial charge in [-0.15, -0.1) is 5.10 Å². The summed E-state index contributed by atoms with van der Waals surface area (Å²) in [5.41, 5.74) is 2.31. The summed E-state index contributed by atoms with van der Waals surface area (Å²) in [7, 11) is 0. The van der Waals surface area contributed by atoms with Gasteiger partial charge in [-0.25, -0.2) is 4.98 Å². The Kier molecular flexibility index (Phi) is 5.16. The average Bonchev–Trinajstić information content (AvgIpc) is 3.52. The van der Waals surface area contributed by atoms with E-state index in [0.717, 1.165) is 30.0 Å². The Balaban J connectivity index is 1.38. The van der Waals surface area contributed by atoms with Crippen molar-refractivity contribution in [2.45, 2.75) is 0 Å². The van der Waals surface area contributed by atoms with E-state index < -0.39 is 0 Å². The van der Waals surface area contributed by atoms with Crippen molar-refractivity contribution in [3.8, 4) is 22.8 Å². The molecule has 0 spiro atoms. The summed E-state index contributed by atoms with van der Waals surface area (Å²) in [6.45, 7) is 2.89. The second-order valence-corrected chi connectivity index (χ2v) is 6.90. The van der Waals surface area contributed by atoms with Crippen LogP contribution in [0, 0.1) is 0 Å². The van der Waals surface area contributed by atoms with E-state index in [-0.39, 0.29) is 17.8 Å². The number of anilines is 2. The van der Waals surface area contributed by atoms with Gasteiger partial charge in [-0.05, 0) is 42.0 Å². The Morgan fingerprint density at radius 2 is 1.94 bits per heavy atom. The van der Waals surface area contributed by atoms with Gasteiger partial charge in [0.2, 0.25) is 0 Å². The highest BCUT2D eigenvalue weighted by Crippen LogP contribution is 2.30. The highest BCUT2D eigenvalue weighted by atomic mass is 16.5. The molecule has 3 aromatic heterocycles. The Morgan fingerprint density at radius 1 is 1.03 bits per heavy atom. The molecule has 0 saturated carbocycles. The van der Waals surface area contributed by atoms with E-state index in [1.165, 1.54) is 6.26 Å². The average molecular weight is 417 g/mol. The van der Waals surface area contributed by atoms with Crippen molar-refractivity contribution < 1.29 is 18.4 Å². The van der Waals surface area contributed by atoms with Crippen molar-refractivity contribution in [3.63, 3.8) is 0 Å². The van der Waals surface area contributed by atoms with Gasteiger partial charge in [0.1, 0.15) is 5.82 Å². The van der Waals surface area contributed by atoms with E-state index in [0.29, 0.717) is 24.5 Å².